The van der Waals surface area contributed by atoms with Gasteiger partial charge in [-0.05, 0) is 18.6 Å². The molecule has 0 aliphatic rings. The van der Waals surface area contributed by atoms with Crippen LogP contribution in [0.2, 0.25) is 5.02 Å². The van der Waals surface area contributed by atoms with E-state index in [-0.39, 0.29) is 22.8 Å². The van der Waals surface area contributed by atoms with E-state index in [2.05, 4.69) is 14.7 Å². The summed E-state index contributed by atoms with van der Waals surface area (Å²) in [5.41, 5.74) is 0.132. The van der Waals surface area contributed by atoms with Crippen molar-refractivity contribution < 1.29 is 26.3 Å². The highest BCUT2D eigenvalue weighted by Gasteiger charge is 2.22. The van der Waals surface area contributed by atoms with Crippen molar-refractivity contribution in [3.8, 4) is 5.75 Å². The molecule has 0 saturated heterocycles. The Balaban J connectivity index is 1.99. The zero-order valence-electron chi connectivity index (χ0n) is 15.0. The van der Waals surface area contributed by atoms with Gasteiger partial charge in [0.2, 0.25) is 0 Å². The van der Waals surface area contributed by atoms with Gasteiger partial charge in [-0.1, -0.05) is 24.6 Å². The van der Waals surface area contributed by atoms with Crippen molar-refractivity contribution in [2.45, 2.75) is 24.7 Å². The molecule has 0 bridgehead atoms. The number of hydrogen-bond acceptors (Lipinski definition) is 5. The minimum Gasteiger partial charge on any atom is -0.486 e. The van der Waals surface area contributed by atoms with Crippen LogP contribution in [0.3, 0.4) is 0 Å². The molecule has 154 valence electrons. The lowest BCUT2D eigenvalue weighted by atomic mass is 10.2. The third-order valence-electron chi connectivity index (χ3n) is 3.92. The number of ether oxygens (including phenoxy) is 1. The van der Waals surface area contributed by atoms with Gasteiger partial charge in [-0.3, -0.25) is 9.71 Å². The normalized spacial score (nSPS) is 11.8. The van der Waals surface area contributed by atoms with Crippen LogP contribution in [0.4, 0.5) is 19.0 Å². The number of rotatable bonds is 7. The number of alkyl halides is 2. The Morgan fingerprint density at radius 1 is 1.24 bits per heavy atom. The second kappa shape index (κ2) is 8.42. The lowest BCUT2D eigenvalue weighted by Crippen LogP contribution is -2.17. The lowest BCUT2D eigenvalue weighted by Gasteiger charge is -2.14. The first-order valence-corrected chi connectivity index (χ1v) is 10.2. The van der Waals surface area contributed by atoms with E-state index >= 15 is 0 Å². The molecule has 0 amide bonds. The van der Waals surface area contributed by atoms with Crippen LogP contribution in [0.25, 0.3) is 10.8 Å². The van der Waals surface area contributed by atoms with Crippen molar-refractivity contribution in [1.29, 1.82) is 0 Å². The molecule has 29 heavy (non-hydrogen) atoms. The monoisotopic (exact) mass is 445 g/mol. The van der Waals surface area contributed by atoms with Crippen LogP contribution in [0.15, 0.2) is 41.6 Å². The van der Waals surface area contributed by atoms with Crippen LogP contribution in [-0.4, -0.2) is 31.4 Å². The number of pyridine rings is 2. The van der Waals surface area contributed by atoms with E-state index in [1.54, 1.807) is 13.0 Å². The number of sulfonamides is 1. The summed E-state index contributed by atoms with van der Waals surface area (Å²) in [6.07, 6.45) is 0.0381. The maximum Gasteiger partial charge on any atom is 0.272 e. The summed E-state index contributed by atoms with van der Waals surface area (Å²) < 4.78 is 71.7. The van der Waals surface area contributed by atoms with Crippen LogP contribution < -0.4 is 9.46 Å². The number of fused-ring (bicyclic) bond motifs is 1. The van der Waals surface area contributed by atoms with Gasteiger partial charge in [-0.15, -0.1) is 0 Å². The standard InChI is InChI=1S/C18H15ClF3N3O3S/c1-2-14-15(28-9-17(21)22)6-13(20)18(24-14)25-29(26,27)16-8-23-7-10-5-11(19)3-4-12(10)16/h3-8,17H,2,9H2,1H3,(H,24,25). The van der Waals surface area contributed by atoms with Gasteiger partial charge in [0.25, 0.3) is 16.4 Å². The molecule has 1 aromatic carbocycles. The highest BCUT2D eigenvalue weighted by Crippen LogP contribution is 2.28. The SMILES string of the molecule is CCc1nc(NS(=O)(=O)c2cncc3cc(Cl)ccc23)c(F)cc1OCC(F)F. The van der Waals surface area contributed by atoms with Crippen molar-refractivity contribution in [2.75, 3.05) is 11.3 Å². The minimum atomic E-state index is -4.26. The lowest BCUT2D eigenvalue weighted by molar-refractivity contribution is 0.0810. The van der Waals surface area contributed by atoms with Crippen molar-refractivity contribution in [1.82, 2.24) is 9.97 Å². The van der Waals surface area contributed by atoms with E-state index < -0.39 is 34.7 Å². The second-order valence-electron chi connectivity index (χ2n) is 5.93. The van der Waals surface area contributed by atoms with E-state index in [0.717, 1.165) is 12.3 Å². The molecule has 0 radical (unpaired) electrons. The molecule has 0 aliphatic carbocycles. The number of aryl methyl sites for hydroxylation is 1. The summed E-state index contributed by atoms with van der Waals surface area (Å²) in [6, 6.07) is 5.40. The molecule has 3 rings (SSSR count). The molecule has 1 N–H and O–H groups in total. The Bertz CT molecular complexity index is 1160. The van der Waals surface area contributed by atoms with E-state index in [4.69, 9.17) is 16.3 Å². The van der Waals surface area contributed by atoms with Crippen LogP contribution in [-0.2, 0) is 16.4 Å². The molecule has 6 nitrogen and oxygen atoms in total. The van der Waals surface area contributed by atoms with Crippen molar-refractivity contribution in [2.24, 2.45) is 0 Å². The molecule has 0 saturated carbocycles. The Hall–Kier alpha value is -2.59. The van der Waals surface area contributed by atoms with Crippen LogP contribution in [0.5, 0.6) is 5.75 Å². The molecule has 0 spiro atoms. The molecule has 0 unspecified atom stereocenters. The fourth-order valence-corrected chi connectivity index (χ4v) is 3.99. The predicted molar refractivity (Wildman–Crippen MR) is 103 cm³/mol. The van der Waals surface area contributed by atoms with Crippen LogP contribution >= 0.6 is 11.6 Å². The van der Waals surface area contributed by atoms with Gasteiger partial charge >= 0.3 is 0 Å². The fourth-order valence-electron chi connectivity index (χ4n) is 2.63. The van der Waals surface area contributed by atoms with Crippen molar-refractivity contribution >= 4 is 38.2 Å². The summed E-state index contributed by atoms with van der Waals surface area (Å²) in [5.74, 6) is -1.81. The van der Waals surface area contributed by atoms with E-state index in [1.807, 2.05) is 0 Å². The van der Waals surface area contributed by atoms with Crippen LogP contribution in [0, 0.1) is 5.82 Å². The Morgan fingerprint density at radius 2 is 2.00 bits per heavy atom. The first kappa shape index (κ1) is 21.1. The summed E-state index contributed by atoms with van der Waals surface area (Å²) in [6.45, 7) is 0.718. The molecule has 11 heteroatoms. The fraction of sp³-hybridized carbons (Fsp3) is 0.222. The third kappa shape index (κ3) is 4.70. The van der Waals surface area contributed by atoms with Gasteiger partial charge in [0, 0.05) is 34.3 Å². The first-order valence-electron chi connectivity index (χ1n) is 8.37. The number of nitrogens with one attached hydrogen (secondary N) is 1. The summed E-state index contributed by atoms with van der Waals surface area (Å²) in [5, 5.41) is 1.23. The molecular formula is C18H15ClF3N3O3S. The molecule has 3 aromatic rings. The van der Waals surface area contributed by atoms with Crippen molar-refractivity contribution in [3.05, 3.63) is 53.2 Å². The second-order valence-corrected chi connectivity index (χ2v) is 8.02. The summed E-state index contributed by atoms with van der Waals surface area (Å²) in [4.78, 5) is 7.60. The molecular weight excluding hydrogens is 431 g/mol. The zero-order chi connectivity index (χ0) is 21.2. The maximum atomic E-state index is 14.4. The highest BCUT2D eigenvalue weighted by molar-refractivity contribution is 7.93. The number of halogens is 4. The van der Waals surface area contributed by atoms with Gasteiger partial charge in [0.05, 0.1) is 5.69 Å². The van der Waals surface area contributed by atoms with Gasteiger partial charge in [0.1, 0.15) is 17.3 Å². The highest BCUT2D eigenvalue weighted by atomic mass is 35.5. The zero-order valence-corrected chi connectivity index (χ0v) is 16.6. The number of hydrogen-bond donors (Lipinski definition) is 1. The molecule has 2 heterocycles. The number of nitrogens with zero attached hydrogens (tertiary/aromatic N) is 2. The summed E-state index contributed by atoms with van der Waals surface area (Å²) >= 11 is 5.92. The Labute approximate surface area is 169 Å². The van der Waals surface area contributed by atoms with Gasteiger partial charge in [-0.2, -0.15) is 0 Å². The minimum absolute atomic E-state index is 0.132. The quantitative estimate of drug-likeness (QED) is 0.582. The van der Waals surface area contributed by atoms with Gasteiger partial charge < -0.3 is 4.74 Å². The van der Waals surface area contributed by atoms with E-state index in [1.165, 1.54) is 18.3 Å². The van der Waals surface area contributed by atoms with Crippen molar-refractivity contribution in [3.63, 3.8) is 0 Å². The molecule has 2 aromatic heterocycles. The van der Waals surface area contributed by atoms with E-state index in [9.17, 15) is 21.6 Å². The number of benzene rings is 1. The topological polar surface area (TPSA) is 81.2 Å². The summed E-state index contributed by atoms with van der Waals surface area (Å²) in [7, 11) is -4.26. The van der Waals surface area contributed by atoms with E-state index in [0.29, 0.717) is 15.8 Å². The number of anilines is 1. The first-order chi connectivity index (χ1) is 13.7. The maximum absolute atomic E-state index is 14.4. The largest absolute Gasteiger partial charge is 0.486 e. The van der Waals surface area contributed by atoms with Gasteiger partial charge in [0.15, 0.2) is 11.6 Å². The van der Waals surface area contributed by atoms with Gasteiger partial charge in [-0.25, -0.2) is 26.6 Å². The Kier molecular flexibility index (Phi) is 6.13. The average molecular weight is 446 g/mol. The molecule has 0 atom stereocenters. The predicted octanol–water partition coefficient (Wildman–Crippen LogP) is 4.43. The Morgan fingerprint density at radius 3 is 2.69 bits per heavy atom. The number of aromatic nitrogens is 2. The third-order valence-corrected chi connectivity index (χ3v) is 5.52. The van der Waals surface area contributed by atoms with Crippen LogP contribution in [0.1, 0.15) is 12.6 Å². The molecule has 0 fully saturated rings. The average Bonchev–Trinajstić information content (AvgIpc) is 2.67. The smallest absolute Gasteiger partial charge is 0.272 e. The molecule has 0 aliphatic heterocycles.